The van der Waals surface area contributed by atoms with E-state index in [4.69, 9.17) is 5.11 Å². The number of rotatable bonds is 3. The van der Waals surface area contributed by atoms with Crippen LogP contribution in [0.3, 0.4) is 0 Å². The molecule has 3 nitrogen and oxygen atoms in total. The van der Waals surface area contributed by atoms with Gasteiger partial charge in [-0.1, -0.05) is 0 Å². The van der Waals surface area contributed by atoms with E-state index in [1.165, 1.54) is 32.5 Å². The van der Waals surface area contributed by atoms with Crippen LogP contribution in [-0.4, -0.2) is 61.3 Å². The monoisotopic (exact) mass is 198 g/mol. The van der Waals surface area contributed by atoms with Gasteiger partial charge in [0.25, 0.3) is 0 Å². The average Bonchev–Trinajstić information content (AvgIpc) is 2.13. The fourth-order valence-corrected chi connectivity index (χ4v) is 2.55. The van der Waals surface area contributed by atoms with Crippen LogP contribution in [0.5, 0.6) is 0 Å². The lowest BCUT2D eigenvalue weighted by Gasteiger charge is -2.41. The second-order valence-electron chi connectivity index (χ2n) is 5.01. The van der Waals surface area contributed by atoms with Gasteiger partial charge in [-0.15, -0.1) is 0 Å². The lowest BCUT2D eigenvalue weighted by atomic mass is 9.93. The quantitative estimate of drug-likeness (QED) is 0.704. The highest BCUT2D eigenvalue weighted by atomic mass is 16.3. The number of aliphatic hydroxyl groups is 1. The first-order valence-corrected chi connectivity index (χ1v) is 5.79. The minimum absolute atomic E-state index is 0.379. The minimum atomic E-state index is 0.379. The molecule has 82 valence electrons. The Hall–Kier alpha value is -0.120. The maximum Gasteiger partial charge on any atom is 0.0483 e. The predicted octanol–water partition coefficient (Wildman–Crippen LogP) is 0.252. The Morgan fingerprint density at radius 2 is 1.79 bits per heavy atom. The van der Waals surface area contributed by atoms with Crippen LogP contribution in [0.1, 0.15) is 12.8 Å². The van der Waals surface area contributed by atoms with Crippen molar-refractivity contribution in [2.24, 2.45) is 11.8 Å². The van der Waals surface area contributed by atoms with Gasteiger partial charge < -0.3 is 14.9 Å². The molecule has 0 amide bonds. The van der Waals surface area contributed by atoms with Crippen molar-refractivity contribution in [3.63, 3.8) is 0 Å². The van der Waals surface area contributed by atoms with E-state index in [0.717, 1.165) is 19.0 Å². The first-order valence-electron chi connectivity index (χ1n) is 5.79. The van der Waals surface area contributed by atoms with Crippen LogP contribution in [0, 0.1) is 11.8 Å². The molecule has 3 heteroatoms. The lowest BCUT2D eigenvalue weighted by Crippen LogP contribution is -2.50. The van der Waals surface area contributed by atoms with Crippen LogP contribution in [0.15, 0.2) is 0 Å². The molecule has 0 aromatic carbocycles. The fourth-order valence-electron chi connectivity index (χ4n) is 2.55. The van der Waals surface area contributed by atoms with E-state index in [1.807, 2.05) is 0 Å². The van der Waals surface area contributed by atoms with Crippen molar-refractivity contribution in [2.45, 2.75) is 12.8 Å². The average molecular weight is 198 g/mol. The Labute approximate surface area is 86.7 Å². The second-order valence-corrected chi connectivity index (χ2v) is 5.01. The number of nitrogens with zero attached hydrogens (tertiary/aromatic N) is 2. The van der Waals surface area contributed by atoms with Crippen molar-refractivity contribution in [1.29, 1.82) is 0 Å². The van der Waals surface area contributed by atoms with Crippen molar-refractivity contribution in [3.05, 3.63) is 0 Å². The molecule has 2 aliphatic heterocycles. The van der Waals surface area contributed by atoms with Crippen molar-refractivity contribution in [2.75, 3.05) is 46.4 Å². The van der Waals surface area contributed by atoms with Crippen LogP contribution in [0.25, 0.3) is 0 Å². The van der Waals surface area contributed by atoms with Crippen molar-refractivity contribution in [3.8, 4) is 0 Å². The Morgan fingerprint density at radius 1 is 1.14 bits per heavy atom. The number of hydrogen-bond donors (Lipinski definition) is 1. The number of piperidine rings is 1. The molecule has 0 spiro atoms. The Kier molecular flexibility index (Phi) is 3.42. The summed E-state index contributed by atoms with van der Waals surface area (Å²) in [6, 6.07) is 0. The Balaban J connectivity index is 1.62. The van der Waals surface area contributed by atoms with E-state index in [1.54, 1.807) is 0 Å². The van der Waals surface area contributed by atoms with Crippen LogP contribution < -0.4 is 0 Å². The molecule has 14 heavy (non-hydrogen) atoms. The molecule has 2 fully saturated rings. The maximum atomic E-state index is 8.91. The first-order chi connectivity index (χ1) is 6.78. The zero-order valence-corrected chi connectivity index (χ0v) is 9.15. The Bertz CT molecular complexity index is 172. The first kappa shape index (κ1) is 10.4. The highest BCUT2D eigenvalue weighted by molar-refractivity contribution is 4.82. The van der Waals surface area contributed by atoms with Gasteiger partial charge in [0, 0.05) is 32.2 Å². The van der Waals surface area contributed by atoms with E-state index >= 15 is 0 Å². The summed E-state index contributed by atoms with van der Waals surface area (Å²) in [5.41, 5.74) is 0. The van der Waals surface area contributed by atoms with Crippen LogP contribution in [-0.2, 0) is 0 Å². The summed E-state index contributed by atoms with van der Waals surface area (Å²) in [6.45, 7) is 6.43. The summed E-state index contributed by atoms with van der Waals surface area (Å²) in [5, 5.41) is 8.91. The van der Waals surface area contributed by atoms with E-state index in [2.05, 4.69) is 16.8 Å². The third-order valence-corrected chi connectivity index (χ3v) is 3.65. The smallest absolute Gasteiger partial charge is 0.0483 e. The number of aliphatic hydroxyl groups excluding tert-OH is 1. The fraction of sp³-hybridized carbons (Fsp3) is 1.00. The maximum absolute atomic E-state index is 8.91. The summed E-state index contributed by atoms with van der Waals surface area (Å²) in [7, 11) is 2.21. The zero-order valence-electron chi connectivity index (χ0n) is 9.15. The van der Waals surface area contributed by atoms with E-state index in [0.29, 0.717) is 12.5 Å². The molecule has 2 saturated heterocycles. The van der Waals surface area contributed by atoms with Gasteiger partial charge in [-0.2, -0.15) is 0 Å². The van der Waals surface area contributed by atoms with Gasteiger partial charge >= 0.3 is 0 Å². The molecule has 0 aromatic rings. The van der Waals surface area contributed by atoms with E-state index in [-0.39, 0.29) is 0 Å². The molecule has 0 bridgehead atoms. The van der Waals surface area contributed by atoms with Gasteiger partial charge in [-0.05, 0) is 38.9 Å². The van der Waals surface area contributed by atoms with Crippen molar-refractivity contribution >= 4 is 0 Å². The van der Waals surface area contributed by atoms with Crippen LogP contribution in [0.2, 0.25) is 0 Å². The van der Waals surface area contributed by atoms with Crippen molar-refractivity contribution in [1.82, 2.24) is 9.80 Å². The molecular formula is C11H22N2O. The minimum Gasteiger partial charge on any atom is -0.396 e. The molecule has 0 aromatic heterocycles. The Morgan fingerprint density at radius 3 is 2.36 bits per heavy atom. The molecule has 2 heterocycles. The molecule has 2 rings (SSSR count). The van der Waals surface area contributed by atoms with Gasteiger partial charge in [-0.3, -0.25) is 0 Å². The number of hydrogen-bond acceptors (Lipinski definition) is 3. The van der Waals surface area contributed by atoms with E-state index < -0.39 is 0 Å². The highest BCUT2D eigenvalue weighted by Gasteiger charge is 2.28. The molecule has 0 atom stereocenters. The summed E-state index contributed by atoms with van der Waals surface area (Å²) in [6.07, 6.45) is 2.72. The topological polar surface area (TPSA) is 26.7 Å². The third kappa shape index (κ3) is 2.47. The largest absolute Gasteiger partial charge is 0.396 e. The SMILES string of the molecule is CN1CCC(CN2CC(CO)C2)CC1. The molecule has 1 N–H and O–H groups in total. The standard InChI is InChI=1S/C11H22N2O/c1-12-4-2-10(3-5-12)6-13-7-11(8-13)9-14/h10-11,14H,2-9H2,1H3. The van der Waals surface area contributed by atoms with Gasteiger partial charge in [-0.25, -0.2) is 0 Å². The second kappa shape index (κ2) is 4.60. The van der Waals surface area contributed by atoms with Gasteiger partial charge in [0.05, 0.1) is 0 Å². The molecule has 2 aliphatic rings. The van der Waals surface area contributed by atoms with Crippen LogP contribution in [0.4, 0.5) is 0 Å². The lowest BCUT2D eigenvalue weighted by molar-refractivity contribution is 0.0327. The van der Waals surface area contributed by atoms with Gasteiger partial charge in [0.1, 0.15) is 0 Å². The summed E-state index contributed by atoms with van der Waals surface area (Å²) in [5.74, 6) is 1.48. The normalized spacial score (nSPS) is 27.9. The van der Waals surface area contributed by atoms with Gasteiger partial charge in [0.2, 0.25) is 0 Å². The predicted molar refractivity (Wildman–Crippen MR) is 57.2 cm³/mol. The zero-order chi connectivity index (χ0) is 9.97. The molecular weight excluding hydrogens is 176 g/mol. The molecule has 0 aliphatic carbocycles. The molecule has 0 unspecified atom stereocenters. The molecule has 0 saturated carbocycles. The molecule has 0 radical (unpaired) electrons. The van der Waals surface area contributed by atoms with Gasteiger partial charge in [0.15, 0.2) is 0 Å². The summed E-state index contributed by atoms with van der Waals surface area (Å²) in [4.78, 5) is 4.92. The highest BCUT2D eigenvalue weighted by Crippen LogP contribution is 2.22. The summed E-state index contributed by atoms with van der Waals surface area (Å²) < 4.78 is 0. The summed E-state index contributed by atoms with van der Waals surface area (Å²) >= 11 is 0. The van der Waals surface area contributed by atoms with Crippen molar-refractivity contribution < 1.29 is 5.11 Å². The third-order valence-electron chi connectivity index (χ3n) is 3.65. The van der Waals surface area contributed by atoms with Crippen LogP contribution >= 0.6 is 0 Å². The van der Waals surface area contributed by atoms with E-state index in [9.17, 15) is 0 Å². The number of likely N-dealkylation sites (tertiary alicyclic amines) is 2.